The first-order valence-electron chi connectivity index (χ1n) is 4.36. The molecule has 0 aromatic heterocycles. The summed E-state index contributed by atoms with van der Waals surface area (Å²) in [4.78, 5) is 28.8. The number of aliphatic hydroxyl groups is 1. The number of unbranched alkanes of at least 4 members (excludes halogenated alkanes) is 1. The largest absolute Gasteiger partial charge is 0.386 e. The van der Waals surface area contributed by atoms with Crippen molar-refractivity contribution in [3.63, 3.8) is 0 Å². The quantitative estimate of drug-likeness (QED) is 0.389. The molecular formula is C10H16O4. The molecule has 4 nitrogen and oxygen atoms in total. The van der Waals surface area contributed by atoms with Gasteiger partial charge in [-0.3, -0.25) is 4.79 Å². The molecule has 0 spiro atoms. The summed E-state index contributed by atoms with van der Waals surface area (Å²) in [5, 5.41) is 8.60. The summed E-state index contributed by atoms with van der Waals surface area (Å²) in [5.74, 6) is 0. The van der Waals surface area contributed by atoms with Crippen LogP contribution in [0.5, 0.6) is 0 Å². The van der Waals surface area contributed by atoms with Gasteiger partial charge in [-0.15, -0.1) is 0 Å². The van der Waals surface area contributed by atoms with Crippen LogP contribution in [0.3, 0.4) is 0 Å². The normalized spacial score (nSPS) is 11.3. The zero-order valence-electron chi connectivity index (χ0n) is 8.26. The van der Waals surface area contributed by atoms with Gasteiger partial charge in [0.05, 0.1) is 0 Å². The van der Waals surface area contributed by atoms with Crippen molar-refractivity contribution in [3.8, 4) is 0 Å². The van der Waals surface area contributed by atoms with Crippen molar-refractivity contribution in [2.24, 2.45) is 0 Å². The van der Waals surface area contributed by atoms with Crippen LogP contribution < -0.4 is 0 Å². The molecule has 1 N–H and O–H groups in total. The Hall–Kier alpha value is -1.29. The first kappa shape index (κ1) is 15.2. The van der Waals surface area contributed by atoms with Gasteiger partial charge in [0.15, 0.2) is 0 Å². The Morgan fingerprint density at radius 2 is 1.93 bits per heavy atom. The van der Waals surface area contributed by atoms with Gasteiger partial charge in [0.1, 0.15) is 25.0 Å². The number of aliphatic hydroxyl groups excluding tert-OH is 1. The van der Waals surface area contributed by atoms with Crippen LogP contribution in [0.1, 0.15) is 26.2 Å². The van der Waals surface area contributed by atoms with E-state index in [0.717, 1.165) is 12.6 Å². The Morgan fingerprint density at radius 3 is 2.21 bits per heavy atom. The molecule has 0 aliphatic rings. The Morgan fingerprint density at radius 1 is 1.29 bits per heavy atom. The van der Waals surface area contributed by atoms with Crippen LogP contribution in [0, 0.1) is 0 Å². The maximum absolute atomic E-state index is 9.76. The minimum absolute atomic E-state index is 0.391. The zero-order valence-corrected chi connectivity index (χ0v) is 8.26. The monoisotopic (exact) mass is 200 g/mol. The predicted octanol–water partition coefficient (Wildman–Crippen LogP) is 0.677. The molecule has 0 aromatic carbocycles. The van der Waals surface area contributed by atoms with Gasteiger partial charge in [0, 0.05) is 6.42 Å². The van der Waals surface area contributed by atoms with Crippen LogP contribution in [0.2, 0.25) is 0 Å². The van der Waals surface area contributed by atoms with Gasteiger partial charge in [-0.1, -0.05) is 6.08 Å². The minimum atomic E-state index is -0.884. The van der Waals surface area contributed by atoms with E-state index in [1.54, 1.807) is 13.0 Å². The third kappa shape index (κ3) is 17.0. The lowest BCUT2D eigenvalue weighted by atomic mass is 10.2. The molecular weight excluding hydrogens is 184 g/mol. The molecule has 4 heteroatoms. The second-order valence-electron chi connectivity index (χ2n) is 2.46. The molecule has 0 aromatic rings. The highest BCUT2D eigenvalue weighted by Gasteiger charge is 1.98. The lowest BCUT2D eigenvalue weighted by molar-refractivity contribution is -0.115. The fourth-order valence-electron chi connectivity index (χ4n) is 0.557. The fraction of sp³-hybridized carbons (Fsp3) is 0.500. The number of rotatable bonds is 6. The molecule has 0 amide bonds. The molecule has 1 unspecified atom stereocenters. The van der Waals surface area contributed by atoms with E-state index in [9.17, 15) is 14.4 Å². The second-order valence-corrected chi connectivity index (χ2v) is 2.46. The van der Waals surface area contributed by atoms with Gasteiger partial charge in [-0.05, 0) is 25.8 Å². The van der Waals surface area contributed by atoms with Crippen molar-refractivity contribution in [1.29, 1.82) is 0 Å². The highest BCUT2D eigenvalue weighted by atomic mass is 16.3. The Balaban J connectivity index is 0. The smallest absolute Gasteiger partial charge is 0.148 e. The standard InChI is InChI=1S/C6H10O3.C4H6O/c7-4-2-1-3-6(9)5-8;1-2-3-4-5/h4-6,9H,1-3H2;2-4H,1H3/b;3-2+. The van der Waals surface area contributed by atoms with Crippen molar-refractivity contribution in [2.45, 2.75) is 32.3 Å². The second kappa shape index (κ2) is 14.2. The number of allylic oxidation sites excluding steroid dienone is 2. The topological polar surface area (TPSA) is 71.4 Å². The van der Waals surface area contributed by atoms with E-state index in [0.29, 0.717) is 25.5 Å². The van der Waals surface area contributed by atoms with Crippen molar-refractivity contribution >= 4 is 18.9 Å². The number of hydrogen-bond acceptors (Lipinski definition) is 4. The van der Waals surface area contributed by atoms with E-state index in [1.165, 1.54) is 6.08 Å². The van der Waals surface area contributed by atoms with Crippen molar-refractivity contribution < 1.29 is 19.5 Å². The van der Waals surface area contributed by atoms with Gasteiger partial charge in [0.25, 0.3) is 0 Å². The molecule has 0 bridgehead atoms. The third-order valence-corrected chi connectivity index (χ3v) is 1.25. The van der Waals surface area contributed by atoms with Gasteiger partial charge < -0.3 is 14.7 Å². The van der Waals surface area contributed by atoms with Crippen molar-refractivity contribution in [3.05, 3.63) is 12.2 Å². The molecule has 0 fully saturated rings. The van der Waals surface area contributed by atoms with E-state index in [4.69, 9.17) is 5.11 Å². The molecule has 80 valence electrons. The van der Waals surface area contributed by atoms with E-state index in [1.807, 2.05) is 0 Å². The average Bonchev–Trinajstić information content (AvgIpc) is 2.20. The molecule has 0 saturated carbocycles. The number of carbonyl (C=O) groups excluding carboxylic acids is 3. The molecule has 0 rings (SSSR count). The predicted molar refractivity (Wildman–Crippen MR) is 52.9 cm³/mol. The van der Waals surface area contributed by atoms with E-state index in [2.05, 4.69) is 0 Å². The van der Waals surface area contributed by atoms with Gasteiger partial charge in [0.2, 0.25) is 0 Å². The SMILES string of the molecule is C/C=C/C=O.O=CCCCC(O)C=O. The highest BCUT2D eigenvalue weighted by molar-refractivity contribution is 5.64. The first-order valence-corrected chi connectivity index (χ1v) is 4.36. The van der Waals surface area contributed by atoms with Crippen LogP contribution in [-0.2, 0) is 14.4 Å². The van der Waals surface area contributed by atoms with Crippen LogP contribution >= 0.6 is 0 Å². The number of carbonyl (C=O) groups is 3. The molecule has 1 atom stereocenters. The number of aldehydes is 3. The summed E-state index contributed by atoms with van der Waals surface area (Å²) < 4.78 is 0. The Kier molecular flexibility index (Phi) is 15.5. The molecule has 0 aliphatic carbocycles. The fourth-order valence-corrected chi connectivity index (χ4v) is 0.557. The summed E-state index contributed by atoms with van der Waals surface area (Å²) in [5.41, 5.74) is 0. The van der Waals surface area contributed by atoms with E-state index < -0.39 is 6.10 Å². The maximum atomic E-state index is 9.76. The average molecular weight is 200 g/mol. The summed E-state index contributed by atoms with van der Waals surface area (Å²) >= 11 is 0. The number of hydrogen-bond donors (Lipinski definition) is 1. The summed E-state index contributed by atoms with van der Waals surface area (Å²) in [6.45, 7) is 1.80. The van der Waals surface area contributed by atoms with Gasteiger partial charge >= 0.3 is 0 Å². The van der Waals surface area contributed by atoms with Gasteiger partial charge in [-0.25, -0.2) is 0 Å². The third-order valence-electron chi connectivity index (χ3n) is 1.25. The van der Waals surface area contributed by atoms with Crippen LogP contribution in [0.15, 0.2) is 12.2 Å². The minimum Gasteiger partial charge on any atom is -0.386 e. The maximum Gasteiger partial charge on any atom is 0.148 e. The Labute approximate surface area is 83.6 Å². The molecule has 14 heavy (non-hydrogen) atoms. The van der Waals surface area contributed by atoms with Crippen LogP contribution in [-0.4, -0.2) is 30.1 Å². The van der Waals surface area contributed by atoms with Crippen LogP contribution in [0.25, 0.3) is 0 Å². The summed E-state index contributed by atoms with van der Waals surface area (Å²) in [6, 6.07) is 0. The molecule has 0 saturated heterocycles. The lowest BCUT2D eigenvalue weighted by Gasteiger charge is -1.97. The Bertz CT molecular complexity index is 175. The lowest BCUT2D eigenvalue weighted by Crippen LogP contribution is -2.06. The summed E-state index contributed by atoms with van der Waals surface area (Å²) in [7, 11) is 0. The van der Waals surface area contributed by atoms with Gasteiger partial charge in [-0.2, -0.15) is 0 Å². The molecule has 0 heterocycles. The highest BCUT2D eigenvalue weighted by Crippen LogP contribution is 1.95. The van der Waals surface area contributed by atoms with E-state index >= 15 is 0 Å². The van der Waals surface area contributed by atoms with Crippen molar-refractivity contribution in [1.82, 2.24) is 0 Å². The zero-order chi connectivity index (χ0) is 11.2. The van der Waals surface area contributed by atoms with Crippen LogP contribution in [0.4, 0.5) is 0 Å². The van der Waals surface area contributed by atoms with Crippen molar-refractivity contribution in [2.75, 3.05) is 0 Å². The first-order chi connectivity index (χ1) is 6.72. The van der Waals surface area contributed by atoms with E-state index in [-0.39, 0.29) is 0 Å². The molecule has 0 radical (unpaired) electrons. The summed E-state index contributed by atoms with van der Waals surface area (Å²) in [6.07, 6.45) is 5.65. The molecule has 0 aliphatic heterocycles.